The minimum absolute atomic E-state index is 0.311. The molecule has 0 fully saturated rings. The van der Waals surface area contributed by atoms with E-state index in [4.69, 9.17) is 11.5 Å². The van der Waals surface area contributed by atoms with Crippen LogP contribution in [0.2, 0.25) is 0 Å². The van der Waals surface area contributed by atoms with Gasteiger partial charge in [-0.15, -0.1) is 0 Å². The predicted molar refractivity (Wildman–Crippen MR) is 70.3 cm³/mol. The standard InChI is InChI=1S/C12H10BrN3O/c13-10-6-8(7-1-3-16-4-2-7)5-9(11(10)14)12(15)17/h1-6H,14H2,(H2,15,17). The molecule has 0 bridgehead atoms. The fourth-order valence-electron chi connectivity index (χ4n) is 1.53. The summed E-state index contributed by atoms with van der Waals surface area (Å²) in [6, 6.07) is 7.22. The van der Waals surface area contributed by atoms with Gasteiger partial charge in [0.15, 0.2) is 0 Å². The molecular weight excluding hydrogens is 282 g/mol. The molecule has 0 unspecified atom stereocenters. The maximum Gasteiger partial charge on any atom is 0.250 e. The van der Waals surface area contributed by atoms with Gasteiger partial charge in [-0.25, -0.2) is 0 Å². The smallest absolute Gasteiger partial charge is 0.250 e. The number of nitrogens with two attached hydrogens (primary N) is 2. The van der Waals surface area contributed by atoms with Gasteiger partial charge in [-0.3, -0.25) is 9.78 Å². The van der Waals surface area contributed by atoms with Crippen LogP contribution in [0.3, 0.4) is 0 Å². The summed E-state index contributed by atoms with van der Waals surface area (Å²) >= 11 is 3.31. The molecule has 4 nitrogen and oxygen atoms in total. The van der Waals surface area contributed by atoms with Crippen LogP contribution in [0.1, 0.15) is 10.4 Å². The number of primary amides is 1. The molecule has 5 heteroatoms. The quantitative estimate of drug-likeness (QED) is 0.832. The topological polar surface area (TPSA) is 82.0 Å². The number of carbonyl (C=O) groups excluding carboxylic acids is 1. The van der Waals surface area contributed by atoms with Crippen molar-refractivity contribution in [3.63, 3.8) is 0 Å². The van der Waals surface area contributed by atoms with Gasteiger partial charge in [0.05, 0.1) is 11.3 Å². The highest BCUT2D eigenvalue weighted by Crippen LogP contribution is 2.30. The molecule has 0 saturated carbocycles. The fourth-order valence-corrected chi connectivity index (χ4v) is 1.99. The van der Waals surface area contributed by atoms with Crippen molar-refractivity contribution >= 4 is 27.5 Å². The van der Waals surface area contributed by atoms with Gasteiger partial charge in [-0.05, 0) is 51.3 Å². The van der Waals surface area contributed by atoms with Crippen molar-refractivity contribution in [2.24, 2.45) is 5.73 Å². The van der Waals surface area contributed by atoms with E-state index in [9.17, 15) is 4.79 Å². The molecule has 86 valence electrons. The summed E-state index contributed by atoms with van der Waals surface area (Å²) in [6.45, 7) is 0. The number of hydrogen-bond acceptors (Lipinski definition) is 3. The normalized spacial score (nSPS) is 10.2. The maximum absolute atomic E-state index is 11.3. The summed E-state index contributed by atoms with van der Waals surface area (Å²) < 4.78 is 0.653. The average Bonchev–Trinajstić information content (AvgIpc) is 2.33. The SMILES string of the molecule is NC(=O)c1cc(-c2ccncc2)cc(Br)c1N. The average molecular weight is 292 g/mol. The van der Waals surface area contributed by atoms with Gasteiger partial charge in [0.1, 0.15) is 0 Å². The Morgan fingerprint density at radius 1 is 1.18 bits per heavy atom. The highest BCUT2D eigenvalue weighted by Gasteiger charge is 2.11. The molecule has 0 radical (unpaired) electrons. The first-order chi connectivity index (χ1) is 8.09. The van der Waals surface area contributed by atoms with Crippen LogP contribution in [0.25, 0.3) is 11.1 Å². The minimum atomic E-state index is -0.542. The first kappa shape index (κ1) is 11.6. The van der Waals surface area contributed by atoms with Gasteiger partial charge in [0.2, 0.25) is 0 Å². The Morgan fingerprint density at radius 3 is 2.41 bits per heavy atom. The Labute approximate surface area is 107 Å². The molecule has 0 atom stereocenters. The van der Waals surface area contributed by atoms with Crippen LogP contribution in [-0.2, 0) is 0 Å². The molecular formula is C12H10BrN3O. The van der Waals surface area contributed by atoms with Crippen LogP contribution in [0.4, 0.5) is 5.69 Å². The lowest BCUT2D eigenvalue weighted by molar-refractivity contribution is 0.100. The molecule has 2 aromatic rings. The number of anilines is 1. The number of pyridine rings is 1. The second kappa shape index (κ2) is 4.55. The lowest BCUT2D eigenvalue weighted by Gasteiger charge is -2.08. The number of rotatable bonds is 2. The van der Waals surface area contributed by atoms with E-state index < -0.39 is 5.91 Å². The Kier molecular flexibility index (Phi) is 3.10. The number of halogens is 1. The van der Waals surface area contributed by atoms with E-state index in [-0.39, 0.29) is 0 Å². The van der Waals surface area contributed by atoms with E-state index in [1.165, 1.54) is 0 Å². The number of aromatic nitrogens is 1. The molecule has 0 saturated heterocycles. The van der Waals surface area contributed by atoms with Gasteiger partial charge >= 0.3 is 0 Å². The molecule has 1 aromatic carbocycles. The van der Waals surface area contributed by atoms with Gasteiger partial charge in [-0.2, -0.15) is 0 Å². The second-order valence-electron chi connectivity index (χ2n) is 3.52. The lowest BCUT2D eigenvalue weighted by atomic mass is 10.0. The van der Waals surface area contributed by atoms with Crippen molar-refractivity contribution in [2.75, 3.05) is 5.73 Å². The molecule has 4 N–H and O–H groups in total. The monoisotopic (exact) mass is 291 g/mol. The van der Waals surface area contributed by atoms with Gasteiger partial charge in [0, 0.05) is 16.9 Å². The Bertz CT molecular complexity index is 569. The number of nitrogen functional groups attached to an aromatic ring is 1. The van der Waals surface area contributed by atoms with Crippen molar-refractivity contribution in [1.29, 1.82) is 0 Å². The highest BCUT2D eigenvalue weighted by molar-refractivity contribution is 9.10. The van der Waals surface area contributed by atoms with E-state index in [2.05, 4.69) is 20.9 Å². The van der Waals surface area contributed by atoms with E-state index in [1.54, 1.807) is 18.5 Å². The van der Waals surface area contributed by atoms with Crippen molar-refractivity contribution in [3.05, 3.63) is 46.7 Å². The van der Waals surface area contributed by atoms with Crippen LogP contribution in [0.15, 0.2) is 41.1 Å². The van der Waals surface area contributed by atoms with Gasteiger partial charge < -0.3 is 11.5 Å². The van der Waals surface area contributed by atoms with Crippen molar-refractivity contribution in [3.8, 4) is 11.1 Å². The van der Waals surface area contributed by atoms with Crippen molar-refractivity contribution in [1.82, 2.24) is 4.98 Å². The van der Waals surface area contributed by atoms with Gasteiger partial charge in [-0.1, -0.05) is 0 Å². The van der Waals surface area contributed by atoms with Crippen LogP contribution < -0.4 is 11.5 Å². The summed E-state index contributed by atoms with van der Waals surface area (Å²) in [7, 11) is 0. The van der Waals surface area contributed by atoms with Crippen LogP contribution >= 0.6 is 15.9 Å². The molecule has 17 heavy (non-hydrogen) atoms. The summed E-state index contributed by atoms with van der Waals surface area (Å²) in [5, 5.41) is 0. The molecule has 0 spiro atoms. The molecule has 0 aliphatic rings. The maximum atomic E-state index is 11.3. The second-order valence-corrected chi connectivity index (χ2v) is 4.37. The summed E-state index contributed by atoms with van der Waals surface area (Å²) in [5.41, 5.74) is 13.5. The summed E-state index contributed by atoms with van der Waals surface area (Å²) in [4.78, 5) is 15.2. The predicted octanol–water partition coefficient (Wildman–Crippen LogP) is 2.19. The van der Waals surface area contributed by atoms with Crippen molar-refractivity contribution in [2.45, 2.75) is 0 Å². The van der Waals surface area contributed by atoms with E-state index in [0.717, 1.165) is 11.1 Å². The van der Waals surface area contributed by atoms with Crippen LogP contribution in [0, 0.1) is 0 Å². The van der Waals surface area contributed by atoms with E-state index in [0.29, 0.717) is 15.7 Å². The third-order valence-corrected chi connectivity index (χ3v) is 3.06. The molecule has 1 heterocycles. The highest BCUT2D eigenvalue weighted by atomic mass is 79.9. The Morgan fingerprint density at radius 2 is 1.82 bits per heavy atom. The summed E-state index contributed by atoms with van der Waals surface area (Å²) in [6.07, 6.45) is 3.37. The molecule has 1 amide bonds. The molecule has 1 aromatic heterocycles. The fraction of sp³-hybridized carbons (Fsp3) is 0. The number of hydrogen-bond donors (Lipinski definition) is 2. The zero-order valence-corrected chi connectivity index (χ0v) is 10.4. The Hall–Kier alpha value is -1.88. The number of carbonyl (C=O) groups is 1. The van der Waals surface area contributed by atoms with E-state index in [1.807, 2.05) is 18.2 Å². The number of benzene rings is 1. The van der Waals surface area contributed by atoms with Crippen molar-refractivity contribution < 1.29 is 4.79 Å². The molecule has 0 aliphatic heterocycles. The third kappa shape index (κ3) is 2.29. The lowest BCUT2D eigenvalue weighted by Crippen LogP contribution is -2.14. The molecule has 2 rings (SSSR count). The zero-order valence-electron chi connectivity index (χ0n) is 8.85. The first-order valence-corrected chi connectivity index (χ1v) is 5.68. The third-order valence-electron chi connectivity index (χ3n) is 2.41. The molecule has 0 aliphatic carbocycles. The number of amides is 1. The van der Waals surface area contributed by atoms with Crippen LogP contribution in [0.5, 0.6) is 0 Å². The summed E-state index contributed by atoms with van der Waals surface area (Å²) in [5.74, 6) is -0.542. The van der Waals surface area contributed by atoms with E-state index >= 15 is 0 Å². The minimum Gasteiger partial charge on any atom is -0.397 e. The Balaban J connectivity index is 2.61. The van der Waals surface area contributed by atoms with Gasteiger partial charge in [0.25, 0.3) is 5.91 Å². The zero-order chi connectivity index (χ0) is 12.4. The first-order valence-electron chi connectivity index (χ1n) is 4.89. The largest absolute Gasteiger partial charge is 0.397 e. The van der Waals surface area contributed by atoms with Crippen LogP contribution in [-0.4, -0.2) is 10.9 Å². The number of nitrogens with zero attached hydrogens (tertiary/aromatic N) is 1.